The summed E-state index contributed by atoms with van der Waals surface area (Å²) in [7, 11) is 3.23. The van der Waals surface area contributed by atoms with E-state index in [0.717, 1.165) is 10.3 Å². The topological polar surface area (TPSA) is 73.1 Å². The molecule has 4 rings (SSSR count). The van der Waals surface area contributed by atoms with Crippen LogP contribution in [0, 0.1) is 0 Å². The van der Waals surface area contributed by atoms with E-state index in [2.05, 4.69) is 15.1 Å². The average molecular weight is 414 g/mol. The zero-order valence-electron chi connectivity index (χ0n) is 15.2. The molecule has 0 bridgehead atoms. The number of nitrogens with zero attached hydrogens (tertiary/aromatic N) is 5. The van der Waals surface area contributed by atoms with Crippen molar-refractivity contribution in [1.29, 1.82) is 0 Å². The van der Waals surface area contributed by atoms with Gasteiger partial charge in [-0.05, 0) is 23.8 Å². The summed E-state index contributed by atoms with van der Waals surface area (Å²) >= 11 is 7.68. The maximum Gasteiger partial charge on any atom is 0.267 e. The number of halogens is 1. The molecule has 0 aliphatic heterocycles. The average Bonchev–Trinajstić information content (AvgIpc) is 3.30. The largest absolute Gasteiger partial charge is 0.479 e. The summed E-state index contributed by atoms with van der Waals surface area (Å²) in [6, 6.07) is 9.32. The Morgan fingerprint density at radius 3 is 2.89 bits per heavy atom. The van der Waals surface area contributed by atoms with Crippen LogP contribution in [0.15, 0.2) is 48.9 Å². The van der Waals surface area contributed by atoms with E-state index in [4.69, 9.17) is 16.3 Å². The van der Waals surface area contributed by atoms with Gasteiger partial charge < -0.3 is 4.74 Å². The minimum Gasteiger partial charge on any atom is -0.479 e. The fourth-order valence-electron chi connectivity index (χ4n) is 2.83. The van der Waals surface area contributed by atoms with Crippen LogP contribution in [-0.2, 0) is 13.6 Å². The molecule has 0 saturated heterocycles. The molecule has 7 nitrogen and oxygen atoms in total. The minimum atomic E-state index is -0.260. The number of rotatable bonds is 5. The molecule has 4 aromatic rings. The molecule has 0 radical (unpaired) electrons. The first kappa shape index (κ1) is 18.4. The highest BCUT2D eigenvalue weighted by atomic mass is 35.5. The van der Waals surface area contributed by atoms with E-state index in [1.807, 2.05) is 24.3 Å². The van der Waals surface area contributed by atoms with Crippen LogP contribution >= 0.6 is 22.9 Å². The number of ether oxygens (including phenoxy) is 1. The number of thiazole rings is 1. The lowest BCUT2D eigenvalue weighted by atomic mass is 10.2. The molecule has 28 heavy (non-hydrogen) atoms. The second kappa shape index (κ2) is 7.57. The van der Waals surface area contributed by atoms with E-state index in [9.17, 15) is 4.79 Å². The predicted octanol–water partition coefficient (Wildman–Crippen LogP) is 3.93. The van der Waals surface area contributed by atoms with Crippen molar-refractivity contribution in [3.63, 3.8) is 0 Å². The first-order valence-electron chi connectivity index (χ1n) is 8.40. The zero-order valence-corrected chi connectivity index (χ0v) is 16.7. The number of carbonyl (C=O) groups excluding carboxylic acids is 1. The van der Waals surface area contributed by atoms with Gasteiger partial charge in [-0.1, -0.05) is 35.1 Å². The Kier molecular flexibility index (Phi) is 4.97. The maximum atomic E-state index is 13.4. The standard InChI is InChI=1S/C19H16ClN5O2S/c1-24-11-13(17(23-24)27-2)18(26)25(10-12-5-4-8-21-9-12)19-22-16-14(20)6-3-7-15(16)28-19/h3-9,11H,10H2,1-2H3. The number of carbonyl (C=O) groups is 1. The lowest BCUT2D eigenvalue weighted by Gasteiger charge is -2.19. The number of para-hydroxylation sites is 1. The Morgan fingerprint density at radius 2 is 2.18 bits per heavy atom. The number of amides is 1. The van der Waals surface area contributed by atoms with Gasteiger partial charge in [0.25, 0.3) is 5.91 Å². The second-order valence-electron chi connectivity index (χ2n) is 6.06. The molecule has 0 N–H and O–H groups in total. The lowest BCUT2D eigenvalue weighted by Crippen LogP contribution is -2.30. The monoisotopic (exact) mass is 413 g/mol. The van der Waals surface area contributed by atoms with E-state index in [-0.39, 0.29) is 11.8 Å². The van der Waals surface area contributed by atoms with Gasteiger partial charge in [-0.25, -0.2) is 4.98 Å². The number of hydrogen-bond donors (Lipinski definition) is 0. The molecule has 3 heterocycles. The van der Waals surface area contributed by atoms with E-state index in [1.54, 1.807) is 41.3 Å². The van der Waals surface area contributed by atoms with Gasteiger partial charge in [0.2, 0.25) is 5.88 Å². The summed E-state index contributed by atoms with van der Waals surface area (Å²) in [5.74, 6) is 0.00631. The number of methoxy groups -OCH3 is 1. The maximum absolute atomic E-state index is 13.4. The minimum absolute atomic E-state index is 0.260. The van der Waals surface area contributed by atoms with Crippen LogP contribution in [0.4, 0.5) is 5.13 Å². The number of aryl methyl sites for hydroxylation is 1. The molecule has 9 heteroatoms. The normalized spacial score (nSPS) is 11.0. The van der Waals surface area contributed by atoms with Crippen LogP contribution in [0.5, 0.6) is 5.88 Å². The highest BCUT2D eigenvalue weighted by Crippen LogP contribution is 2.34. The number of benzene rings is 1. The SMILES string of the molecule is COc1nn(C)cc1C(=O)N(Cc1cccnc1)c1nc2c(Cl)cccc2s1. The van der Waals surface area contributed by atoms with Crippen molar-refractivity contribution in [2.45, 2.75) is 6.54 Å². The number of anilines is 1. The molecule has 3 aromatic heterocycles. The van der Waals surface area contributed by atoms with Gasteiger partial charge >= 0.3 is 0 Å². The van der Waals surface area contributed by atoms with Gasteiger partial charge in [-0.15, -0.1) is 5.10 Å². The van der Waals surface area contributed by atoms with Crippen molar-refractivity contribution in [3.8, 4) is 5.88 Å². The first-order valence-corrected chi connectivity index (χ1v) is 9.59. The first-order chi connectivity index (χ1) is 13.6. The Balaban J connectivity index is 1.81. The Morgan fingerprint density at radius 1 is 1.32 bits per heavy atom. The van der Waals surface area contributed by atoms with Gasteiger partial charge in [-0.2, -0.15) is 0 Å². The zero-order chi connectivity index (χ0) is 19.7. The highest BCUT2D eigenvalue weighted by Gasteiger charge is 2.26. The van der Waals surface area contributed by atoms with Crippen LogP contribution in [0.2, 0.25) is 5.02 Å². The molecule has 0 aliphatic rings. The molecule has 1 amide bonds. The van der Waals surface area contributed by atoms with E-state index >= 15 is 0 Å². The molecular formula is C19H16ClN5O2S. The van der Waals surface area contributed by atoms with Crippen molar-refractivity contribution in [2.75, 3.05) is 12.0 Å². The smallest absolute Gasteiger partial charge is 0.267 e. The molecule has 0 saturated carbocycles. The number of pyridine rings is 1. The van der Waals surface area contributed by atoms with Gasteiger partial charge in [-0.3, -0.25) is 19.4 Å². The van der Waals surface area contributed by atoms with Crippen molar-refractivity contribution < 1.29 is 9.53 Å². The summed E-state index contributed by atoms with van der Waals surface area (Å²) in [5, 5.41) is 5.28. The lowest BCUT2D eigenvalue weighted by molar-refractivity contribution is 0.0982. The third-order valence-corrected chi connectivity index (χ3v) is 5.47. The molecule has 1 aromatic carbocycles. The Hall–Kier alpha value is -2.97. The molecule has 142 valence electrons. The Labute approximate surface area is 170 Å². The van der Waals surface area contributed by atoms with Crippen molar-refractivity contribution in [2.24, 2.45) is 7.05 Å². The van der Waals surface area contributed by atoms with Gasteiger partial charge in [0.05, 0.1) is 23.4 Å². The van der Waals surface area contributed by atoms with Crippen molar-refractivity contribution in [3.05, 3.63) is 65.1 Å². The van der Waals surface area contributed by atoms with Gasteiger partial charge in [0.1, 0.15) is 11.1 Å². The van der Waals surface area contributed by atoms with Crippen molar-refractivity contribution in [1.82, 2.24) is 19.7 Å². The predicted molar refractivity (Wildman–Crippen MR) is 109 cm³/mol. The molecule has 0 fully saturated rings. The molecule has 0 aliphatic carbocycles. The van der Waals surface area contributed by atoms with E-state index < -0.39 is 0 Å². The summed E-state index contributed by atoms with van der Waals surface area (Å²) in [4.78, 5) is 23.8. The highest BCUT2D eigenvalue weighted by molar-refractivity contribution is 7.22. The Bertz CT molecular complexity index is 1140. The summed E-state index contributed by atoms with van der Waals surface area (Å²) in [6.45, 7) is 0.308. The fraction of sp³-hybridized carbons (Fsp3) is 0.158. The number of hydrogen-bond acceptors (Lipinski definition) is 6. The van der Waals surface area contributed by atoms with Crippen LogP contribution < -0.4 is 9.64 Å². The van der Waals surface area contributed by atoms with Gasteiger partial charge in [0.15, 0.2) is 5.13 Å². The number of fused-ring (bicyclic) bond motifs is 1. The third-order valence-electron chi connectivity index (χ3n) is 4.12. The van der Waals surface area contributed by atoms with E-state index in [0.29, 0.717) is 27.8 Å². The fourth-order valence-corrected chi connectivity index (χ4v) is 4.09. The van der Waals surface area contributed by atoms with Crippen LogP contribution in [0.3, 0.4) is 0 Å². The van der Waals surface area contributed by atoms with Crippen LogP contribution in [0.25, 0.3) is 10.2 Å². The number of aromatic nitrogens is 4. The molecule has 0 spiro atoms. The molecule has 0 atom stereocenters. The van der Waals surface area contributed by atoms with Crippen LogP contribution in [-0.4, -0.2) is 32.8 Å². The van der Waals surface area contributed by atoms with E-state index in [1.165, 1.54) is 18.4 Å². The summed E-state index contributed by atoms with van der Waals surface area (Å²) in [6.07, 6.45) is 5.05. The molecular weight excluding hydrogens is 398 g/mol. The summed E-state index contributed by atoms with van der Waals surface area (Å²) in [5.41, 5.74) is 1.91. The quantitative estimate of drug-likeness (QED) is 0.495. The molecule has 0 unspecified atom stereocenters. The second-order valence-corrected chi connectivity index (χ2v) is 7.48. The third kappa shape index (κ3) is 3.44. The summed E-state index contributed by atoms with van der Waals surface area (Å²) < 4.78 is 7.72. The van der Waals surface area contributed by atoms with Crippen LogP contribution in [0.1, 0.15) is 15.9 Å². The van der Waals surface area contributed by atoms with Crippen molar-refractivity contribution >= 4 is 44.2 Å². The van der Waals surface area contributed by atoms with Gasteiger partial charge in [0, 0.05) is 25.6 Å².